The number of alkyl halides is 5. The van der Waals surface area contributed by atoms with Crippen LogP contribution in [0, 0.1) is 11.3 Å². The van der Waals surface area contributed by atoms with E-state index in [1.165, 1.54) is 6.92 Å². The number of aromatic nitrogens is 2. The van der Waals surface area contributed by atoms with Crippen LogP contribution in [0.25, 0.3) is 0 Å². The van der Waals surface area contributed by atoms with E-state index in [4.69, 9.17) is 4.74 Å². The van der Waals surface area contributed by atoms with Crippen LogP contribution in [-0.4, -0.2) is 28.3 Å². The Hall–Kier alpha value is -1.67. The van der Waals surface area contributed by atoms with Crippen LogP contribution in [0.4, 0.5) is 22.0 Å². The number of carbonyl (C=O) groups is 1. The van der Waals surface area contributed by atoms with E-state index >= 15 is 0 Å². The van der Waals surface area contributed by atoms with Gasteiger partial charge in [0.1, 0.15) is 5.56 Å². The Balaban J connectivity index is 1.59. The van der Waals surface area contributed by atoms with Crippen LogP contribution < -0.4 is 0 Å². The van der Waals surface area contributed by atoms with Gasteiger partial charge in [0.2, 0.25) is 5.92 Å². The first-order chi connectivity index (χ1) is 12.5. The topological polar surface area (TPSA) is 44.1 Å². The van der Waals surface area contributed by atoms with Gasteiger partial charge in [-0.3, -0.25) is 4.68 Å². The molecule has 0 aromatic carbocycles. The van der Waals surface area contributed by atoms with Gasteiger partial charge in [0.25, 0.3) is 0 Å². The molecule has 0 aliphatic heterocycles. The van der Waals surface area contributed by atoms with Crippen molar-refractivity contribution in [3.8, 4) is 0 Å². The number of carbonyl (C=O) groups excluding carboxylic acids is 1. The molecular formula is C18H21F5N2O2. The van der Waals surface area contributed by atoms with Crippen molar-refractivity contribution >= 4 is 5.97 Å². The lowest BCUT2D eigenvalue weighted by Crippen LogP contribution is -2.54. The van der Waals surface area contributed by atoms with Crippen molar-refractivity contribution in [1.29, 1.82) is 0 Å². The fraction of sp³-hybridized carbons (Fsp3) is 0.778. The molecule has 1 heterocycles. The molecule has 0 amide bonds. The zero-order valence-corrected chi connectivity index (χ0v) is 14.9. The largest absolute Gasteiger partial charge is 0.461 e. The molecule has 0 N–H and O–H groups in total. The average molecular weight is 392 g/mol. The third-order valence-corrected chi connectivity index (χ3v) is 5.84. The molecule has 1 spiro atoms. The van der Waals surface area contributed by atoms with Crippen LogP contribution in [0.3, 0.4) is 0 Å². The van der Waals surface area contributed by atoms with Crippen LogP contribution in [0.1, 0.15) is 73.1 Å². The number of esters is 1. The standard InChI is InChI=1S/C18H21F5N2O2/c1-2-27-15(26)14-12(18(21,22)23)13(11-3-4-11)24-25(14)7-10-5-16(6-10)8-17(19,20)9-16/h10-11H,2-9H2,1H3. The van der Waals surface area contributed by atoms with Gasteiger partial charge in [0.15, 0.2) is 5.69 Å². The van der Waals surface area contributed by atoms with Crippen molar-refractivity contribution in [3.05, 3.63) is 17.0 Å². The third kappa shape index (κ3) is 3.33. The lowest BCUT2D eigenvalue weighted by atomic mass is 9.50. The van der Waals surface area contributed by atoms with Crippen molar-refractivity contribution in [1.82, 2.24) is 9.78 Å². The molecule has 9 heteroatoms. The fourth-order valence-electron chi connectivity index (χ4n) is 4.81. The molecule has 0 unspecified atom stereocenters. The molecule has 27 heavy (non-hydrogen) atoms. The Kier molecular flexibility index (Phi) is 4.09. The number of nitrogens with zero attached hydrogens (tertiary/aromatic N) is 2. The summed E-state index contributed by atoms with van der Waals surface area (Å²) in [6.45, 7) is 1.61. The molecule has 1 aromatic heterocycles. The number of hydrogen-bond acceptors (Lipinski definition) is 3. The number of rotatable bonds is 5. The van der Waals surface area contributed by atoms with E-state index < -0.39 is 29.3 Å². The number of ether oxygens (including phenoxy) is 1. The quantitative estimate of drug-likeness (QED) is 0.535. The van der Waals surface area contributed by atoms with Crippen LogP contribution in [0.5, 0.6) is 0 Å². The summed E-state index contributed by atoms with van der Waals surface area (Å²) in [6.07, 6.45) is -2.71. The fourth-order valence-corrected chi connectivity index (χ4v) is 4.81. The van der Waals surface area contributed by atoms with Gasteiger partial charge in [-0.05, 0) is 43.9 Å². The minimum absolute atomic E-state index is 0.0400. The Labute approximate surface area is 153 Å². The lowest BCUT2D eigenvalue weighted by molar-refractivity contribution is -0.208. The van der Waals surface area contributed by atoms with Crippen LogP contribution in [-0.2, 0) is 17.5 Å². The SMILES string of the molecule is CCOC(=O)c1c(C(F)(F)F)c(C2CC2)nn1CC1CC2(C1)CC(F)(F)C2. The number of halogens is 5. The van der Waals surface area contributed by atoms with E-state index in [1.807, 2.05) is 0 Å². The molecule has 3 saturated carbocycles. The van der Waals surface area contributed by atoms with Gasteiger partial charge in [-0.1, -0.05) is 0 Å². The predicted octanol–water partition coefficient (Wildman–Crippen LogP) is 4.78. The maximum Gasteiger partial charge on any atom is 0.420 e. The van der Waals surface area contributed by atoms with Crippen molar-refractivity contribution in [2.24, 2.45) is 11.3 Å². The summed E-state index contributed by atoms with van der Waals surface area (Å²) >= 11 is 0. The zero-order valence-electron chi connectivity index (χ0n) is 14.9. The first-order valence-electron chi connectivity index (χ1n) is 9.26. The predicted molar refractivity (Wildman–Crippen MR) is 84.5 cm³/mol. The van der Waals surface area contributed by atoms with Crippen LogP contribution >= 0.6 is 0 Å². The van der Waals surface area contributed by atoms with Gasteiger partial charge in [-0.2, -0.15) is 18.3 Å². The molecule has 1 aromatic rings. The maximum atomic E-state index is 13.7. The van der Waals surface area contributed by atoms with Gasteiger partial charge >= 0.3 is 12.1 Å². The van der Waals surface area contributed by atoms with E-state index in [-0.39, 0.29) is 48.9 Å². The van der Waals surface area contributed by atoms with Crippen LogP contribution in [0.2, 0.25) is 0 Å². The van der Waals surface area contributed by atoms with Gasteiger partial charge in [0.05, 0.1) is 12.3 Å². The molecule has 4 nitrogen and oxygen atoms in total. The minimum atomic E-state index is -4.70. The average Bonchev–Trinajstić information content (AvgIpc) is 3.24. The van der Waals surface area contributed by atoms with Gasteiger partial charge in [-0.25, -0.2) is 13.6 Å². The monoisotopic (exact) mass is 392 g/mol. The molecule has 0 saturated heterocycles. The molecule has 4 rings (SSSR count). The normalized spacial score (nSPS) is 23.8. The Bertz CT molecular complexity index is 751. The lowest BCUT2D eigenvalue weighted by Gasteiger charge is -2.57. The molecule has 0 radical (unpaired) electrons. The molecule has 3 aliphatic rings. The summed E-state index contributed by atoms with van der Waals surface area (Å²) in [4.78, 5) is 12.3. The van der Waals surface area contributed by atoms with Crippen molar-refractivity contribution in [2.75, 3.05) is 6.61 Å². The zero-order chi connectivity index (χ0) is 19.6. The second kappa shape index (κ2) is 5.91. The molecule has 3 aliphatic carbocycles. The molecule has 0 atom stereocenters. The second-order valence-electron chi connectivity index (χ2n) is 8.27. The maximum absolute atomic E-state index is 13.7. The molecular weight excluding hydrogens is 371 g/mol. The molecule has 150 valence electrons. The first kappa shape index (κ1) is 18.7. The van der Waals surface area contributed by atoms with Gasteiger partial charge in [0, 0.05) is 25.3 Å². The highest BCUT2D eigenvalue weighted by Crippen LogP contribution is 2.64. The Morgan fingerprint density at radius 2 is 1.89 bits per heavy atom. The summed E-state index contributed by atoms with van der Waals surface area (Å²) in [7, 11) is 0. The van der Waals surface area contributed by atoms with Crippen molar-refractivity contribution in [3.63, 3.8) is 0 Å². The van der Waals surface area contributed by atoms with E-state index in [1.54, 1.807) is 0 Å². The number of hydrogen-bond donors (Lipinski definition) is 0. The molecule has 3 fully saturated rings. The first-order valence-corrected chi connectivity index (χ1v) is 9.26. The highest BCUT2D eigenvalue weighted by Gasteiger charge is 2.61. The smallest absolute Gasteiger partial charge is 0.420 e. The summed E-state index contributed by atoms with van der Waals surface area (Å²) < 4.78 is 73.3. The van der Waals surface area contributed by atoms with E-state index in [2.05, 4.69) is 5.10 Å². The Morgan fingerprint density at radius 1 is 1.26 bits per heavy atom. The van der Waals surface area contributed by atoms with E-state index in [9.17, 15) is 26.7 Å². The van der Waals surface area contributed by atoms with Gasteiger partial charge in [-0.15, -0.1) is 0 Å². The van der Waals surface area contributed by atoms with Gasteiger partial charge < -0.3 is 4.74 Å². The van der Waals surface area contributed by atoms with E-state index in [0.717, 1.165) is 4.68 Å². The summed E-state index contributed by atoms with van der Waals surface area (Å²) in [5.41, 5.74) is -2.01. The highest BCUT2D eigenvalue weighted by atomic mass is 19.4. The highest BCUT2D eigenvalue weighted by molar-refractivity contribution is 5.90. The Morgan fingerprint density at radius 3 is 2.37 bits per heavy atom. The third-order valence-electron chi connectivity index (χ3n) is 5.84. The summed E-state index contributed by atoms with van der Waals surface area (Å²) in [6, 6.07) is 0. The summed E-state index contributed by atoms with van der Waals surface area (Å²) in [5, 5.41) is 4.13. The van der Waals surface area contributed by atoms with E-state index in [0.29, 0.717) is 25.7 Å². The van der Waals surface area contributed by atoms with Crippen molar-refractivity contribution in [2.45, 2.75) is 70.0 Å². The second-order valence-corrected chi connectivity index (χ2v) is 8.27. The summed E-state index contributed by atoms with van der Waals surface area (Å²) in [5.74, 6) is -3.99. The molecule has 0 bridgehead atoms. The van der Waals surface area contributed by atoms with Crippen LogP contribution in [0.15, 0.2) is 0 Å². The van der Waals surface area contributed by atoms with Crippen molar-refractivity contribution < 1.29 is 31.5 Å². The minimum Gasteiger partial charge on any atom is -0.461 e.